The smallest absolute Gasteiger partial charge is 0.136 e. The second-order valence-electron chi connectivity index (χ2n) is 4.55. The van der Waals surface area contributed by atoms with E-state index < -0.39 is 0 Å². The molecule has 4 heteroatoms. The van der Waals surface area contributed by atoms with Crippen LogP contribution in [0, 0.1) is 11.7 Å². The number of nitrogens with one attached hydrogen (secondary N) is 1. The molecule has 1 aromatic carbocycles. The highest BCUT2D eigenvalue weighted by atomic mass is 79.9. The first kappa shape index (κ1) is 14.5. The Balaban J connectivity index is 2.41. The molecule has 0 fully saturated rings. The summed E-state index contributed by atoms with van der Waals surface area (Å²) in [5.74, 6) is 0.658. The van der Waals surface area contributed by atoms with Crippen LogP contribution in [0.1, 0.15) is 20.8 Å². The molecule has 0 aliphatic rings. The van der Waals surface area contributed by atoms with Gasteiger partial charge in [0.2, 0.25) is 0 Å². The highest BCUT2D eigenvalue weighted by molar-refractivity contribution is 9.10. The van der Waals surface area contributed by atoms with Gasteiger partial charge in [-0.15, -0.1) is 0 Å². The molecule has 2 nitrogen and oxygen atoms in total. The number of ether oxygens (including phenoxy) is 1. The lowest BCUT2D eigenvalue weighted by Crippen LogP contribution is -2.30. The summed E-state index contributed by atoms with van der Waals surface area (Å²) < 4.78 is 19.4. The fraction of sp³-hybridized carbons (Fsp3) is 0.538. The van der Waals surface area contributed by atoms with E-state index in [0.717, 1.165) is 11.0 Å². The number of benzene rings is 1. The second kappa shape index (κ2) is 6.97. The fourth-order valence-corrected chi connectivity index (χ4v) is 1.68. The van der Waals surface area contributed by atoms with E-state index in [9.17, 15) is 4.39 Å². The molecular formula is C13H19BrFNO. The van der Waals surface area contributed by atoms with Crippen LogP contribution in [0.3, 0.4) is 0 Å². The molecule has 0 saturated carbocycles. The van der Waals surface area contributed by atoms with Crippen LogP contribution < -0.4 is 10.1 Å². The average molecular weight is 304 g/mol. The van der Waals surface area contributed by atoms with Crippen molar-refractivity contribution in [1.29, 1.82) is 0 Å². The average Bonchev–Trinajstić information content (AvgIpc) is 2.27. The third-order valence-electron chi connectivity index (χ3n) is 2.29. The Labute approximate surface area is 111 Å². The van der Waals surface area contributed by atoms with Crippen LogP contribution in [-0.2, 0) is 0 Å². The van der Waals surface area contributed by atoms with Gasteiger partial charge in [-0.25, -0.2) is 4.39 Å². The number of rotatable bonds is 6. The van der Waals surface area contributed by atoms with Gasteiger partial charge < -0.3 is 10.1 Å². The lowest BCUT2D eigenvalue weighted by molar-refractivity contribution is 0.251. The first-order chi connectivity index (χ1) is 7.99. The molecule has 1 rings (SSSR count). The SMILES string of the molecule is CC(CNC(C)C)COc1cc(F)ccc1Br. The highest BCUT2D eigenvalue weighted by Crippen LogP contribution is 2.25. The van der Waals surface area contributed by atoms with Crippen molar-refractivity contribution in [3.05, 3.63) is 28.5 Å². The Morgan fingerprint density at radius 1 is 1.35 bits per heavy atom. The maximum atomic E-state index is 13.0. The van der Waals surface area contributed by atoms with Crippen LogP contribution in [0.4, 0.5) is 4.39 Å². The lowest BCUT2D eigenvalue weighted by Gasteiger charge is -2.16. The molecule has 1 atom stereocenters. The quantitative estimate of drug-likeness (QED) is 0.867. The maximum absolute atomic E-state index is 13.0. The molecule has 0 aliphatic carbocycles. The van der Waals surface area contributed by atoms with Crippen molar-refractivity contribution < 1.29 is 9.13 Å². The predicted molar refractivity (Wildman–Crippen MR) is 71.9 cm³/mol. The van der Waals surface area contributed by atoms with Gasteiger partial charge in [-0.1, -0.05) is 20.8 Å². The van der Waals surface area contributed by atoms with Crippen molar-refractivity contribution in [2.24, 2.45) is 5.92 Å². The summed E-state index contributed by atoms with van der Waals surface area (Å²) in [6, 6.07) is 4.92. The Bertz CT molecular complexity index is 357. The summed E-state index contributed by atoms with van der Waals surface area (Å²) in [6.45, 7) is 7.78. The van der Waals surface area contributed by atoms with Crippen LogP contribution in [0.5, 0.6) is 5.75 Å². The van der Waals surface area contributed by atoms with Crippen molar-refractivity contribution in [2.45, 2.75) is 26.8 Å². The third-order valence-corrected chi connectivity index (χ3v) is 2.95. The molecule has 0 aromatic heterocycles. The van der Waals surface area contributed by atoms with Gasteiger partial charge in [0.25, 0.3) is 0 Å². The van der Waals surface area contributed by atoms with Crippen LogP contribution in [0.25, 0.3) is 0 Å². The standard InChI is InChI=1S/C13H19BrFNO/c1-9(2)16-7-10(3)8-17-13-6-11(15)4-5-12(13)14/h4-6,9-10,16H,7-8H2,1-3H3. The molecule has 1 aromatic rings. The summed E-state index contributed by atoms with van der Waals surface area (Å²) in [5.41, 5.74) is 0. The minimum atomic E-state index is -0.281. The van der Waals surface area contributed by atoms with Gasteiger partial charge in [0.1, 0.15) is 11.6 Å². The topological polar surface area (TPSA) is 21.3 Å². The first-order valence-corrected chi connectivity index (χ1v) is 6.59. The zero-order valence-corrected chi connectivity index (χ0v) is 12.1. The predicted octanol–water partition coefficient (Wildman–Crippen LogP) is 3.60. The Hall–Kier alpha value is -0.610. The molecule has 96 valence electrons. The van der Waals surface area contributed by atoms with E-state index in [2.05, 4.69) is 42.0 Å². The molecule has 1 unspecified atom stereocenters. The summed E-state index contributed by atoms with van der Waals surface area (Å²) in [6.07, 6.45) is 0. The number of hydrogen-bond donors (Lipinski definition) is 1. The first-order valence-electron chi connectivity index (χ1n) is 5.80. The number of hydrogen-bond acceptors (Lipinski definition) is 2. The molecule has 0 aliphatic heterocycles. The van der Waals surface area contributed by atoms with E-state index in [1.165, 1.54) is 12.1 Å². The van der Waals surface area contributed by atoms with Crippen LogP contribution in [0.2, 0.25) is 0 Å². The van der Waals surface area contributed by atoms with Gasteiger partial charge in [0, 0.05) is 24.6 Å². The molecule has 0 spiro atoms. The van der Waals surface area contributed by atoms with Crippen molar-refractivity contribution in [3.8, 4) is 5.75 Å². The third kappa shape index (κ3) is 5.50. The maximum Gasteiger partial charge on any atom is 0.136 e. The van der Waals surface area contributed by atoms with Gasteiger partial charge in [-0.3, -0.25) is 0 Å². The second-order valence-corrected chi connectivity index (χ2v) is 5.41. The molecule has 0 saturated heterocycles. The minimum absolute atomic E-state index is 0.281. The highest BCUT2D eigenvalue weighted by Gasteiger charge is 2.07. The molecule has 0 amide bonds. The van der Waals surface area contributed by atoms with Gasteiger partial charge in [-0.05, 0) is 28.1 Å². The van der Waals surface area contributed by atoms with Crippen molar-refractivity contribution in [3.63, 3.8) is 0 Å². The summed E-state index contributed by atoms with van der Waals surface area (Å²) in [7, 11) is 0. The zero-order chi connectivity index (χ0) is 12.8. The van der Waals surface area contributed by atoms with Crippen molar-refractivity contribution in [2.75, 3.05) is 13.2 Å². The summed E-state index contributed by atoms with van der Waals surface area (Å²) in [4.78, 5) is 0. The van der Waals surface area contributed by atoms with Gasteiger partial charge in [-0.2, -0.15) is 0 Å². The van der Waals surface area contributed by atoms with Crippen LogP contribution in [0.15, 0.2) is 22.7 Å². The Morgan fingerprint density at radius 3 is 2.71 bits per heavy atom. The van der Waals surface area contributed by atoms with Gasteiger partial charge in [0.15, 0.2) is 0 Å². The van der Waals surface area contributed by atoms with Crippen LogP contribution >= 0.6 is 15.9 Å². The largest absolute Gasteiger partial charge is 0.492 e. The van der Waals surface area contributed by atoms with Gasteiger partial charge >= 0.3 is 0 Å². The monoisotopic (exact) mass is 303 g/mol. The lowest BCUT2D eigenvalue weighted by atomic mass is 10.2. The van der Waals surface area contributed by atoms with Crippen molar-refractivity contribution >= 4 is 15.9 Å². The van der Waals surface area contributed by atoms with E-state index in [1.807, 2.05) is 0 Å². The molecule has 0 heterocycles. The van der Waals surface area contributed by atoms with E-state index in [1.54, 1.807) is 6.07 Å². The molecule has 17 heavy (non-hydrogen) atoms. The van der Waals surface area contributed by atoms with Crippen LogP contribution in [-0.4, -0.2) is 19.2 Å². The molecule has 1 N–H and O–H groups in total. The normalized spacial score (nSPS) is 12.8. The van der Waals surface area contributed by atoms with Gasteiger partial charge in [0.05, 0.1) is 11.1 Å². The Morgan fingerprint density at radius 2 is 2.06 bits per heavy atom. The Kier molecular flexibility index (Phi) is 5.92. The summed E-state index contributed by atoms with van der Waals surface area (Å²) >= 11 is 3.34. The fourth-order valence-electron chi connectivity index (χ4n) is 1.32. The minimum Gasteiger partial charge on any atom is -0.492 e. The number of halogens is 2. The molecule has 0 radical (unpaired) electrons. The van der Waals surface area contributed by atoms with E-state index in [4.69, 9.17) is 4.74 Å². The summed E-state index contributed by atoms with van der Waals surface area (Å²) in [5, 5.41) is 3.34. The van der Waals surface area contributed by atoms with E-state index in [0.29, 0.717) is 24.3 Å². The van der Waals surface area contributed by atoms with Crippen molar-refractivity contribution in [1.82, 2.24) is 5.32 Å². The van der Waals surface area contributed by atoms with E-state index in [-0.39, 0.29) is 5.82 Å². The van der Waals surface area contributed by atoms with E-state index >= 15 is 0 Å². The zero-order valence-electron chi connectivity index (χ0n) is 10.5. The molecule has 0 bridgehead atoms. The molecular weight excluding hydrogens is 285 g/mol.